The summed E-state index contributed by atoms with van der Waals surface area (Å²) in [4.78, 5) is 12.5. The van der Waals surface area contributed by atoms with E-state index in [1.165, 1.54) is 0 Å². The third-order valence-electron chi connectivity index (χ3n) is 4.13. The summed E-state index contributed by atoms with van der Waals surface area (Å²) >= 11 is 0. The van der Waals surface area contributed by atoms with Crippen LogP contribution in [0, 0.1) is 6.92 Å². The van der Waals surface area contributed by atoms with Crippen molar-refractivity contribution in [1.82, 2.24) is 10.0 Å². The zero-order chi connectivity index (χ0) is 17.4. The topological polar surface area (TPSA) is 52.7 Å². The molecule has 1 unspecified atom stereocenters. The molecule has 24 heavy (non-hydrogen) atoms. The van der Waals surface area contributed by atoms with Crippen LogP contribution in [0.1, 0.15) is 21.5 Å². The van der Waals surface area contributed by atoms with Crippen LogP contribution in [0.5, 0.6) is 0 Å². The molecule has 126 valence electrons. The Balaban J connectivity index is 2.01. The molecule has 0 aromatic heterocycles. The summed E-state index contributed by atoms with van der Waals surface area (Å²) in [7, 11) is 2.64. The van der Waals surface area contributed by atoms with Gasteiger partial charge in [0, 0.05) is 31.6 Å². The Kier molecular flexibility index (Phi) is 4.43. The third-order valence-corrected chi connectivity index (χ3v) is 4.65. The van der Waals surface area contributed by atoms with Crippen LogP contribution in [0.25, 0.3) is 11.1 Å². The molecule has 1 heterocycles. The fraction of sp³-hybridized carbons (Fsp3) is 0.278. The highest BCUT2D eigenvalue weighted by molar-refractivity contribution is 7.85. The second-order valence-corrected chi connectivity index (χ2v) is 7.29. The van der Waals surface area contributed by atoms with E-state index in [0.717, 1.165) is 33.5 Å². The Morgan fingerprint density at radius 3 is 2.58 bits per heavy atom. The minimum atomic E-state index is -1.11. The average molecular weight is 343 g/mol. The van der Waals surface area contributed by atoms with E-state index in [-0.39, 0.29) is 5.91 Å². The number of anilines is 1. The molecule has 1 aliphatic heterocycles. The van der Waals surface area contributed by atoms with Gasteiger partial charge in [-0.25, -0.2) is 9.22 Å². The lowest BCUT2D eigenvalue weighted by atomic mass is 9.96. The van der Waals surface area contributed by atoms with Crippen molar-refractivity contribution in [2.24, 2.45) is 0 Å². The van der Waals surface area contributed by atoms with Crippen LogP contribution in [-0.2, 0) is 17.5 Å². The SMILES string of the molecule is Cc1cc(-c2cccc(NS(C)=O)c2)cc2c1C(=O)N(N(C)C)C2. The molecule has 1 atom stereocenters. The van der Waals surface area contributed by atoms with Gasteiger partial charge >= 0.3 is 0 Å². The maximum Gasteiger partial charge on any atom is 0.269 e. The summed E-state index contributed by atoms with van der Waals surface area (Å²) in [5.74, 6) is 0.0517. The fourth-order valence-corrected chi connectivity index (χ4v) is 3.53. The van der Waals surface area contributed by atoms with Gasteiger partial charge in [-0.05, 0) is 47.4 Å². The zero-order valence-electron chi connectivity index (χ0n) is 14.3. The number of nitrogens with one attached hydrogen (secondary N) is 1. The second-order valence-electron chi connectivity index (χ2n) is 6.17. The van der Waals surface area contributed by atoms with E-state index in [1.54, 1.807) is 11.3 Å². The smallest absolute Gasteiger partial charge is 0.269 e. The number of aryl methyl sites for hydroxylation is 1. The van der Waals surface area contributed by atoms with Crippen molar-refractivity contribution in [2.45, 2.75) is 13.5 Å². The predicted octanol–water partition coefficient (Wildman–Crippen LogP) is 2.80. The van der Waals surface area contributed by atoms with Crippen molar-refractivity contribution in [1.29, 1.82) is 0 Å². The monoisotopic (exact) mass is 343 g/mol. The summed E-state index contributed by atoms with van der Waals surface area (Å²) in [6.07, 6.45) is 1.60. The van der Waals surface area contributed by atoms with Gasteiger partial charge in [-0.3, -0.25) is 9.80 Å². The van der Waals surface area contributed by atoms with Crippen molar-refractivity contribution in [2.75, 3.05) is 25.1 Å². The number of hydrogen-bond acceptors (Lipinski definition) is 3. The van der Waals surface area contributed by atoms with Gasteiger partial charge in [0.25, 0.3) is 5.91 Å². The van der Waals surface area contributed by atoms with Gasteiger partial charge < -0.3 is 4.72 Å². The number of hydrazine groups is 1. The van der Waals surface area contributed by atoms with E-state index in [9.17, 15) is 9.00 Å². The number of carbonyl (C=O) groups excluding carboxylic acids is 1. The Morgan fingerprint density at radius 1 is 1.17 bits per heavy atom. The van der Waals surface area contributed by atoms with E-state index in [4.69, 9.17) is 0 Å². The molecule has 0 fully saturated rings. The molecule has 2 aromatic rings. The van der Waals surface area contributed by atoms with Crippen LogP contribution in [0.3, 0.4) is 0 Å². The molecule has 6 heteroatoms. The molecule has 0 bridgehead atoms. The Morgan fingerprint density at radius 2 is 1.92 bits per heavy atom. The average Bonchev–Trinajstić information content (AvgIpc) is 2.84. The van der Waals surface area contributed by atoms with E-state index in [1.807, 2.05) is 56.4 Å². The fourth-order valence-electron chi connectivity index (χ4n) is 3.07. The van der Waals surface area contributed by atoms with Crippen LogP contribution in [0.2, 0.25) is 0 Å². The molecule has 1 N–H and O–H groups in total. The van der Waals surface area contributed by atoms with E-state index >= 15 is 0 Å². The van der Waals surface area contributed by atoms with Gasteiger partial charge in [-0.1, -0.05) is 18.2 Å². The quantitative estimate of drug-likeness (QED) is 0.929. The first kappa shape index (κ1) is 16.7. The standard InChI is InChI=1S/C18H21N3O2S/c1-12-8-14(13-6-5-7-16(10-13)19-24(4)23)9-15-11-21(20(2)3)18(22)17(12)15/h5-10,19H,11H2,1-4H3. The van der Waals surface area contributed by atoms with Crippen molar-refractivity contribution < 1.29 is 9.00 Å². The van der Waals surface area contributed by atoms with Crippen LogP contribution in [0.4, 0.5) is 5.69 Å². The molecular weight excluding hydrogens is 322 g/mol. The molecular formula is C18H21N3O2S. The molecule has 1 amide bonds. The first-order chi connectivity index (χ1) is 11.4. The van der Waals surface area contributed by atoms with E-state index < -0.39 is 11.0 Å². The minimum absolute atomic E-state index is 0.0517. The predicted molar refractivity (Wildman–Crippen MR) is 97.9 cm³/mol. The highest BCUT2D eigenvalue weighted by Crippen LogP contribution is 2.32. The lowest BCUT2D eigenvalue weighted by molar-refractivity contribution is 0.0223. The van der Waals surface area contributed by atoms with Crippen molar-refractivity contribution >= 4 is 22.6 Å². The molecule has 2 aromatic carbocycles. The summed E-state index contributed by atoms with van der Waals surface area (Å²) < 4.78 is 14.3. The molecule has 0 spiro atoms. The maximum atomic E-state index is 12.5. The van der Waals surface area contributed by atoms with Crippen LogP contribution in [-0.4, -0.2) is 40.5 Å². The number of carbonyl (C=O) groups is 1. The van der Waals surface area contributed by atoms with E-state index in [2.05, 4.69) is 10.8 Å². The number of amides is 1. The van der Waals surface area contributed by atoms with E-state index in [0.29, 0.717) is 6.54 Å². The highest BCUT2D eigenvalue weighted by Gasteiger charge is 2.30. The lowest BCUT2D eigenvalue weighted by Gasteiger charge is -2.23. The highest BCUT2D eigenvalue weighted by atomic mass is 32.2. The molecule has 5 nitrogen and oxygen atoms in total. The number of fused-ring (bicyclic) bond motifs is 1. The summed E-state index contributed by atoms with van der Waals surface area (Å²) in [5, 5.41) is 3.56. The Hall–Kier alpha value is -2.18. The van der Waals surface area contributed by atoms with Crippen LogP contribution in [0.15, 0.2) is 36.4 Å². The molecule has 0 aliphatic carbocycles. The normalized spacial score (nSPS) is 14.9. The first-order valence-corrected chi connectivity index (χ1v) is 9.26. The molecule has 0 saturated heterocycles. The Labute approximate surface area is 144 Å². The molecule has 1 aliphatic rings. The summed E-state index contributed by atoms with van der Waals surface area (Å²) in [5.41, 5.74) is 5.74. The molecule has 0 saturated carbocycles. The number of hydrogen-bond donors (Lipinski definition) is 1. The number of benzene rings is 2. The summed E-state index contributed by atoms with van der Waals surface area (Å²) in [6, 6.07) is 11.9. The van der Waals surface area contributed by atoms with Crippen LogP contribution >= 0.6 is 0 Å². The number of nitrogens with zero attached hydrogens (tertiary/aromatic N) is 2. The lowest BCUT2D eigenvalue weighted by Crippen LogP contribution is -2.36. The van der Waals surface area contributed by atoms with Gasteiger partial charge in [-0.15, -0.1) is 0 Å². The number of rotatable bonds is 4. The van der Waals surface area contributed by atoms with Gasteiger partial charge in [0.15, 0.2) is 0 Å². The molecule has 3 rings (SSSR count). The van der Waals surface area contributed by atoms with Crippen molar-refractivity contribution in [3.05, 3.63) is 53.1 Å². The maximum absolute atomic E-state index is 12.5. The minimum Gasteiger partial charge on any atom is -0.305 e. The van der Waals surface area contributed by atoms with Gasteiger partial charge in [0.2, 0.25) is 0 Å². The van der Waals surface area contributed by atoms with Gasteiger partial charge in [-0.2, -0.15) is 0 Å². The largest absolute Gasteiger partial charge is 0.305 e. The zero-order valence-corrected chi connectivity index (χ0v) is 15.1. The molecule has 0 radical (unpaired) electrons. The van der Waals surface area contributed by atoms with Crippen LogP contribution < -0.4 is 4.72 Å². The van der Waals surface area contributed by atoms with Crippen molar-refractivity contribution in [3.8, 4) is 11.1 Å². The third kappa shape index (κ3) is 3.07. The second kappa shape index (κ2) is 6.37. The Bertz CT molecular complexity index is 833. The van der Waals surface area contributed by atoms with Gasteiger partial charge in [0.1, 0.15) is 11.0 Å². The summed E-state index contributed by atoms with van der Waals surface area (Å²) in [6.45, 7) is 2.56. The first-order valence-electron chi connectivity index (χ1n) is 7.70. The van der Waals surface area contributed by atoms with Gasteiger partial charge in [0.05, 0.1) is 6.54 Å². The van der Waals surface area contributed by atoms with Crippen molar-refractivity contribution in [3.63, 3.8) is 0 Å².